The number of carboxylic acids is 2. The zero-order valence-electron chi connectivity index (χ0n) is 36.9. The predicted octanol–water partition coefficient (Wildman–Crippen LogP) is 11.3. The van der Waals surface area contributed by atoms with E-state index in [4.69, 9.17) is 9.84 Å². The Balaban J connectivity index is 1.26. The van der Waals surface area contributed by atoms with Crippen LogP contribution in [0.4, 0.5) is 0 Å². The smallest absolute Gasteiger partial charge is 0.306 e. The first-order chi connectivity index (χ1) is 26.0. The number of hydrogen-bond donors (Lipinski definition) is 3. The van der Waals surface area contributed by atoms with Crippen LogP contribution in [0.15, 0.2) is 11.6 Å². The van der Waals surface area contributed by atoms with E-state index in [1.807, 2.05) is 13.8 Å². The number of esters is 1. The van der Waals surface area contributed by atoms with Gasteiger partial charge in [-0.3, -0.25) is 19.2 Å². The fraction of sp³-hybridized carbons (Fsp3) is 0.875. The Kier molecular flexibility index (Phi) is 13.3. The molecule has 0 unspecified atom stereocenters. The Morgan fingerprint density at radius 1 is 0.750 bits per heavy atom. The Hall–Kier alpha value is -2.38. The lowest BCUT2D eigenvalue weighted by molar-refractivity contribution is -0.213. The summed E-state index contributed by atoms with van der Waals surface area (Å²) in [6.45, 7) is 21.6. The molecule has 5 rings (SSSR count). The number of carboxylic acid groups (broad SMARTS) is 2. The van der Waals surface area contributed by atoms with Gasteiger partial charge in [-0.05, 0) is 122 Å². The van der Waals surface area contributed by atoms with Gasteiger partial charge in [0.05, 0.1) is 18.3 Å². The molecule has 0 aromatic rings. The summed E-state index contributed by atoms with van der Waals surface area (Å²) in [6, 6.07) is 0. The maximum atomic E-state index is 14.5. The molecule has 0 aromatic carbocycles. The fourth-order valence-electron chi connectivity index (χ4n) is 13.7. The topological polar surface area (TPSA) is 130 Å². The number of fused-ring (bicyclic) bond motifs is 7. The standard InChI is InChI=1S/C48H79NO7/c1-42(2)25-27-48(41(55)49-29-17-15-13-11-10-12-14-16-18-38(50)51)28-26-46(8)33(34(48)30-42)19-20-36-45(7)23-22-37(44(5,6)35(45)21-24-47(36,46)9)56-40(54)32-43(3,4)31-39(52)53/h19,34-37H,10-18,20-32H2,1-9H3,(H,49,55)(H,50,51)(H,52,53)/t34-,35-,36+,37-,45-,46+,47+,48-/m0/s1. The van der Waals surface area contributed by atoms with Gasteiger partial charge in [-0.15, -0.1) is 0 Å². The van der Waals surface area contributed by atoms with E-state index in [-0.39, 0.29) is 69.7 Å². The summed E-state index contributed by atoms with van der Waals surface area (Å²) in [5.74, 6) is -0.383. The van der Waals surface area contributed by atoms with Gasteiger partial charge in [0.2, 0.25) is 5.91 Å². The monoisotopic (exact) mass is 782 g/mol. The summed E-state index contributed by atoms with van der Waals surface area (Å²) in [5.41, 5.74) is 0.861. The Morgan fingerprint density at radius 2 is 1.38 bits per heavy atom. The lowest BCUT2D eigenvalue weighted by Gasteiger charge is -2.71. The van der Waals surface area contributed by atoms with Crippen molar-refractivity contribution in [2.45, 2.75) is 203 Å². The lowest BCUT2D eigenvalue weighted by Crippen LogP contribution is -2.65. The number of allylic oxidation sites excluding steroid dienone is 2. The first-order valence-corrected chi connectivity index (χ1v) is 22.7. The van der Waals surface area contributed by atoms with E-state index < -0.39 is 17.4 Å². The highest BCUT2D eigenvalue weighted by molar-refractivity contribution is 5.84. The van der Waals surface area contributed by atoms with Gasteiger partial charge in [0, 0.05) is 18.4 Å². The SMILES string of the molecule is CC(C)(CC(=O)O)CC(=O)O[C@H]1CC[C@]2(C)[C@H]3CC=C4[C@@H]5CC(C)(C)CC[C@]5(C(=O)NCCCCCCCCCCC(=O)O)CC[C@@]4(C)[C@]3(C)CC[C@H]2C1(C)C. The van der Waals surface area contributed by atoms with Crippen LogP contribution in [0.3, 0.4) is 0 Å². The molecule has 8 heteroatoms. The van der Waals surface area contributed by atoms with Gasteiger partial charge in [0.15, 0.2) is 0 Å². The Bertz CT molecular complexity index is 1500. The maximum Gasteiger partial charge on any atom is 0.306 e. The second-order valence-corrected chi connectivity index (χ2v) is 22.3. The average Bonchev–Trinajstić information content (AvgIpc) is 3.07. The number of amides is 1. The van der Waals surface area contributed by atoms with Crippen LogP contribution < -0.4 is 5.32 Å². The average molecular weight is 782 g/mol. The molecule has 4 fully saturated rings. The molecule has 4 saturated carbocycles. The van der Waals surface area contributed by atoms with Gasteiger partial charge in [0.25, 0.3) is 0 Å². The summed E-state index contributed by atoms with van der Waals surface area (Å²) in [5, 5.41) is 21.7. The highest BCUT2D eigenvalue weighted by Gasteiger charge is 2.69. The van der Waals surface area contributed by atoms with Crippen molar-refractivity contribution in [2.24, 2.45) is 55.7 Å². The molecule has 3 N–H and O–H groups in total. The Morgan fingerprint density at radius 3 is 2.02 bits per heavy atom. The molecule has 0 aliphatic heterocycles. The normalized spacial score (nSPS) is 35.8. The van der Waals surface area contributed by atoms with E-state index in [0.29, 0.717) is 17.7 Å². The van der Waals surface area contributed by atoms with Gasteiger partial charge in [-0.2, -0.15) is 0 Å². The van der Waals surface area contributed by atoms with Crippen molar-refractivity contribution >= 4 is 23.8 Å². The second-order valence-electron chi connectivity index (χ2n) is 22.3. The van der Waals surface area contributed by atoms with E-state index in [9.17, 15) is 24.3 Å². The van der Waals surface area contributed by atoms with E-state index in [1.54, 1.807) is 5.57 Å². The van der Waals surface area contributed by atoms with Gasteiger partial charge >= 0.3 is 17.9 Å². The van der Waals surface area contributed by atoms with Crippen molar-refractivity contribution in [1.82, 2.24) is 5.32 Å². The molecule has 56 heavy (non-hydrogen) atoms. The molecule has 0 heterocycles. The van der Waals surface area contributed by atoms with Crippen molar-refractivity contribution in [2.75, 3.05) is 6.54 Å². The first kappa shape index (κ1) is 44.7. The first-order valence-electron chi connectivity index (χ1n) is 22.7. The van der Waals surface area contributed by atoms with Crippen molar-refractivity contribution < 1.29 is 34.1 Å². The van der Waals surface area contributed by atoms with Crippen LogP contribution in [0.5, 0.6) is 0 Å². The highest BCUT2D eigenvalue weighted by Crippen LogP contribution is 2.76. The van der Waals surface area contributed by atoms with Crippen LogP contribution >= 0.6 is 0 Å². The molecule has 0 saturated heterocycles. The largest absolute Gasteiger partial charge is 0.481 e. The molecular formula is C48H79NO7. The zero-order valence-corrected chi connectivity index (χ0v) is 36.9. The minimum absolute atomic E-state index is 0.0303. The molecule has 0 radical (unpaired) electrons. The van der Waals surface area contributed by atoms with Gasteiger partial charge < -0.3 is 20.3 Å². The van der Waals surface area contributed by atoms with Crippen LogP contribution in [0.1, 0.15) is 197 Å². The number of rotatable bonds is 17. The van der Waals surface area contributed by atoms with E-state index in [0.717, 1.165) is 116 Å². The molecule has 5 aliphatic carbocycles. The molecular weight excluding hydrogens is 703 g/mol. The number of ether oxygens (including phenoxy) is 1. The van der Waals surface area contributed by atoms with E-state index in [1.165, 1.54) is 6.42 Å². The lowest BCUT2D eigenvalue weighted by atomic mass is 9.33. The van der Waals surface area contributed by atoms with Gasteiger partial charge in [-0.1, -0.05) is 112 Å². The van der Waals surface area contributed by atoms with E-state index >= 15 is 0 Å². The summed E-state index contributed by atoms with van der Waals surface area (Å²) < 4.78 is 6.27. The van der Waals surface area contributed by atoms with Gasteiger partial charge in [0.1, 0.15) is 6.10 Å². The van der Waals surface area contributed by atoms with Crippen molar-refractivity contribution in [1.29, 1.82) is 0 Å². The van der Waals surface area contributed by atoms with Crippen LogP contribution in [-0.4, -0.2) is 46.7 Å². The predicted molar refractivity (Wildman–Crippen MR) is 222 cm³/mol. The molecule has 318 valence electrons. The van der Waals surface area contributed by atoms with Crippen LogP contribution in [-0.2, 0) is 23.9 Å². The molecule has 0 aromatic heterocycles. The third kappa shape index (κ3) is 8.80. The molecule has 8 atom stereocenters. The number of carbonyl (C=O) groups excluding carboxylic acids is 2. The number of nitrogens with one attached hydrogen (secondary N) is 1. The molecule has 8 nitrogen and oxygen atoms in total. The molecule has 0 bridgehead atoms. The van der Waals surface area contributed by atoms with E-state index in [2.05, 4.69) is 59.9 Å². The van der Waals surface area contributed by atoms with Crippen molar-refractivity contribution in [3.8, 4) is 0 Å². The summed E-state index contributed by atoms with van der Waals surface area (Å²) in [4.78, 5) is 49.9. The van der Waals surface area contributed by atoms with Crippen LogP contribution in [0.2, 0.25) is 0 Å². The second kappa shape index (κ2) is 16.7. The van der Waals surface area contributed by atoms with Crippen molar-refractivity contribution in [3.63, 3.8) is 0 Å². The summed E-state index contributed by atoms with van der Waals surface area (Å²) in [6.07, 6.45) is 21.6. The summed E-state index contributed by atoms with van der Waals surface area (Å²) in [7, 11) is 0. The molecule has 0 spiro atoms. The minimum atomic E-state index is -0.891. The van der Waals surface area contributed by atoms with Gasteiger partial charge in [-0.25, -0.2) is 0 Å². The Labute approximate surface area is 339 Å². The quantitative estimate of drug-likeness (QED) is 0.0761. The third-order valence-electron chi connectivity index (χ3n) is 17.2. The third-order valence-corrected chi connectivity index (χ3v) is 17.2. The zero-order chi connectivity index (χ0) is 41.4. The molecule has 5 aliphatic rings. The van der Waals surface area contributed by atoms with Crippen LogP contribution in [0.25, 0.3) is 0 Å². The maximum absolute atomic E-state index is 14.5. The highest BCUT2D eigenvalue weighted by atomic mass is 16.5. The number of hydrogen-bond acceptors (Lipinski definition) is 5. The fourth-order valence-corrected chi connectivity index (χ4v) is 13.7. The van der Waals surface area contributed by atoms with Crippen LogP contribution in [0, 0.1) is 55.7 Å². The molecule has 1 amide bonds. The number of carbonyl (C=O) groups is 4. The summed E-state index contributed by atoms with van der Waals surface area (Å²) >= 11 is 0. The van der Waals surface area contributed by atoms with Crippen molar-refractivity contribution in [3.05, 3.63) is 11.6 Å². The number of aliphatic carboxylic acids is 2. The minimum Gasteiger partial charge on any atom is -0.481 e. The number of unbranched alkanes of at least 4 members (excludes halogenated alkanes) is 7.